The van der Waals surface area contributed by atoms with Gasteiger partial charge >= 0.3 is 0 Å². The van der Waals surface area contributed by atoms with Crippen LogP contribution in [0.4, 0.5) is 0 Å². The highest BCUT2D eigenvalue weighted by molar-refractivity contribution is 7.00. The van der Waals surface area contributed by atoms with E-state index in [-0.39, 0.29) is 39.2 Å². The van der Waals surface area contributed by atoms with Crippen molar-refractivity contribution >= 4 is 66.7 Å². The van der Waals surface area contributed by atoms with E-state index in [4.69, 9.17) is 9.97 Å². The van der Waals surface area contributed by atoms with Crippen molar-refractivity contribution in [1.29, 1.82) is 0 Å². The number of hydrogen-bond acceptors (Lipinski definition) is 2. The number of rotatable bonds is 7. The van der Waals surface area contributed by atoms with Crippen LogP contribution in [0.25, 0.3) is 133 Å². The van der Waals surface area contributed by atoms with Crippen molar-refractivity contribution in [3.05, 3.63) is 258 Å². The van der Waals surface area contributed by atoms with E-state index < -0.39 is 0 Å². The third-order valence-electron chi connectivity index (χ3n) is 21.4. The molecule has 0 aliphatic carbocycles. The smallest absolute Gasteiger partial charge is 0.252 e. The van der Waals surface area contributed by atoms with Crippen LogP contribution in [0.1, 0.15) is 158 Å². The maximum Gasteiger partial charge on any atom is 0.252 e. The molecule has 5 heterocycles. The largest absolute Gasteiger partial charge is 0.310 e. The highest BCUT2D eigenvalue weighted by Gasteiger charge is 2.45. The van der Waals surface area contributed by atoms with Crippen molar-refractivity contribution in [2.45, 2.75) is 157 Å². The Morgan fingerprint density at radius 2 is 0.576 bits per heavy atom. The SMILES string of the molecule is CC(C)(C)c1cc(C(C)(C)C)c2c3c(C(C)(C)C)ccc4c3n(c2c1)-c1cc(-c2nc(-c3cc(-c5ccccc5)cc(-c5ccccc5)c3)cc(-c3cc(-c5ccccc5)cc(-c5ccccc5)c3)n2)cc2c1B4c1ccc(C(C)(C)C)c3c4c(C(C)(C)C)cc(C(C)(C)C)cc4n-2c13. The van der Waals surface area contributed by atoms with Crippen molar-refractivity contribution in [1.82, 2.24) is 19.1 Å². The Bertz CT molecular complexity index is 5170. The van der Waals surface area contributed by atoms with Gasteiger partial charge in [-0.3, -0.25) is 0 Å². The minimum atomic E-state index is -0.191. The molecule has 0 unspecified atom stereocenters. The number of benzene rings is 11. The van der Waals surface area contributed by atoms with Gasteiger partial charge in [-0.1, -0.05) is 282 Å². The molecule has 4 nitrogen and oxygen atoms in total. The molecule has 0 saturated heterocycles. The lowest BCUT2D eigenvalue weighted by Gasteiger charge is -2.35. The van der Waals surface area contributed by atoms with E-state index in [9.17, 15) is 0 Å². The van der Waals surface area contributed by atoms with Crippen LogP contribution in [-0.4, -0.2) is 25.8 Å². The summed E-state index contributed by atoms with van der Waals surface area (Å²) in [4.78, 5) is 12.1. The van der Waals surface area contributed by atoms with E-state index in [0.717, 1.165) is 72.6 Å². The third-order valence-corrected chi connectivity index (χ3v) is 21.4. The molecule has 2 aliphatic rings. The summed E-state index contributed by atoms with van der Waals surface area (Å²) in [7, 11) is 0. The average molecular weight is 1290 g/mol. The van der Waals surface area contributed by atoms with Crippen molar-refractivity contribution in [2.75, 3.05) is 0 Å². The zero-order chi connectivity index (χ0) is 69.4. The van der Waals surface area contributed by atoms with Crippen LogP contribution in [0.3, 0.4) is 0 Å². The molecule has 5 heteroatoms. The fourth-order valence-electron chi connectivity index (χ4n) is 16.3. The molecule has 0 amide bonds. The van der Waals surface area contributed by atoms with Crippen LogP contribution in [0.2, 0.25) is 0 Å². The average Bonchev–Trinajstić information content (AvgIpc) is 1.53. The Balaban J connectivity index is 1.11. The molecular weight excluding hydrogens is 1200 g/mol. The van der Waals surface area contributed by atoms with E-state index in [1.54, 1.807) is 0 Å². The molecule has 490 valence electrons. The predicted octanol–water partition coefficient (Wildman–Crippen LogP) is 23.3. The molecule has 0 bridgehead atoms. The summed E-state index contributed by atoms with van der Waals surface area (Å²) in [5.74, 6) is 0.663. The second kappa shape index (κ2) is 22.3. The number of nitrogens with zero attached hydrogens (tertiary/aromatic N) is 4. The molecule has 0 spiro atoms. The van der Waals surface area contributed by atoms with Gasteiger partial charge in [-0.25, -0.2) is 9.97 Å². The third kappa shape index (κ3) is 10.6. The Kier molecular flexibility index (Phi) is 14.4. The Hall–Kier alpha value is -9.84. The van der Waals surface area contributed by atoms with E-state index in [2.05, 4.69) is 358 Å². The molecule has 0 fully saturated rings. The first kappa shape index (κ1) is 63.9. The van der Waals surface area contributed by atoms with E-state index in [1.165, 1.54) is 105 Å². The molecule has 0 atom stereocenters. The van der Waals surface area contributed by atoms with Crippen LogP contribution in [0, 0.1) is 0 Å². The topological polar surface area (TPSA) is 35.6 Å². The predicted molar refractivity (Wildman–Crippen MR) is 426 cm³/mol. The first-order valence-electron chi connectivity index (χ1n) is 35.8. The first-order valence-corrected chi connectivity index (χ1v) is 35.8. The van der Waals surface area contributed by atoms with Gasteiger partial charge in [0.25, 0.3) is 6.71 Å². The Labute approximate surface area is 587 Å². The lowest BCUT2D eigenvalue weighted by atomic mass is 9.34. The first-order chi connectivity index (χ1) is 46.9. The van der Waals surface area contributed by atoms with Gasteiger partial charge in [0.05, 0.1) is 22.4 Å². The molecule has 11 aromatic carbocycles. The molecule has 0 radical (unpaired) electrons. The molecule has 0 N–H and O–H groups in total. The monoisotopic (exact) mass is 1290 g/mol. The molecule has 2 aliphatic heterocycles. The molecule has 99 heavy (non-hydrogen) atoms. The van der Waals surface area contributed by atoms with Crippen LogP contribution in [0.5, 0.6) is 0 Å². The van der Waals surface area contributed by atoms with Gasteiger partial charge in [0, 0.05) is 60.6 Å². The van der Waals surface area contributed by atoms with Crippen LogP contribution < -0.4 is 16.4 Å². The second-order valence-electron chi connectivity index (χ2n) is 34.7. The van der Waals surface area contributed by atoms with E-state index in [0.29, 0.717) is 5.82 Å². The fourth-order valence-corrected chi connectivity index (χ4v) is 16.3. The van der Waals surface area contributed by atoms with E-state index in [1.807, 2.05) is 0 Å². The summed E-state index contributed by atoms with van der Waals surface area (Å²) in [5, 5.41) is 5.41. The summed E-state index contributed by atoms with van der Waals surface area (Å²) in [5.41, 5.74) is 32.3. The van der Waals surface area contributed by atoms with Crippen molar-refractivity contribution in [3.8, 4) is 89.8 Å². The molecule has 14 aromatic rings. The molecule has 0 saturated carbocycles. The summed E-state index contributed by atoms with van der Waals surface area (Å²) in [6.07, 6.45) is 0. The number of fused-ring (bicyclic) bond motifs is 10. The van der Waals surface area contributed by atoms with Gasteiger partial charge in [-0.2, -0.15) is 0 Å². The minimum absolute atomic E-state index is 0.108. The van der Waals surface area contributed by atoms with Crippen molar-refractivity contribution in [3.63, 3.8) is 0 Å². The summed E-state index contributed by atoms with van der Waals surface area (Å²) >= 11 is 0. The van der Waals surface area contributed by atoms with Gasteiger partial charge < -0.3 is 9.13 Å². The van der Waals surface area contributed by atoms with Gasteiger partial charge in [0.2, 0.25) is 0 Å². The van der Waals surface area contributed by atoms with Gasteiger partial charge in [0.15, 0.2) is 5.82 Å². The van der Waals surface area contributed by atoms with E-state index >= 15 is 0 Å². The number of hydrogen-bond donors (Lipinski definition) is 0. The number of aromatic nitrogens is 4. The summed E-state index contributed by atoms with van der Waals surface area (Å²) in [6.45, 7) is 43.1. The highest BCUT2D eigenvalue weighted by atomic mass is 15.0. The minimum Gasteiger partial charge on any atom is -0.310 e. The summed E-state index contributed by atoms with van der Waals surface area (Å²) in [6, 6.07) is 84.8. The maximum atomic E-state index is 6.03. The zero-order valence-electron chi connectivity index (χ0n) is 61.2. The normalized spacial score (nSPS) is 13.3. The maximum absolute atomic E-state index is 6.03. The molecule has 3 aromatic heterocycles. The molecule has 16 rings (SSSR count). The van der Waals surface area contributed by atoms with Crippen LogP contribution in [-0.2, 0) is 32.5 Å². The highest BCUT2D eigenvalue weighted by Crippen LogP contribution is 2.51. The lowest BCUT2D eigenvalue weighted by molar-refractivity contribution is 0.572. The van der Waals surface area contributed by atoms with Crippen molar-refractivity contribution < 1.29 is 0 Å². The van der Waals surface area contributed by atoms with Crippen molar-refractivity contribution in [2.24, 2.45) is 0 Å². The zero-order valence-corrected chi connectivity index (χ0v) is 61.2. The Morgan fingerprint density at radius 1 is 0.263 bits per heavy atom. The van der Waals surface area contributed by atoms with Crippen LogP contribution >= 0.6 is 0 Å². The standard InChI is InChI=1S/C94H91BN4/c1-89(2,3)67-51-71(93(13,14)15)81-77(53-67)98-79-49-66(50-80-85(79)95(73-41-39-69(91(7,8)9)83(81)86(73)98)74-42-40-70(92(10,11)12)84-82-72(94(16,17)18)52-68(90(4,5)6)54-78(82)99(80)87(74)84)88-96-75(64-45-60(56-31-23-19-24-32-56)43-61(46-64)57-33-25-20-26-34-57)55-76(97-88)65-47-62(58-35-27-21-28-36-58)44-63(48-65)59-37-29-22-30-38-59/h19-55H,1-18H3. The summed E-state index contributed by atoms with van der Waals surface area (Å²) < 4.78 is 5.46. The van der Waals surface area contributed by atoms with Gasteiger partial charge in [-0.15, -0.1) is 0 Å². The Morgan fingerprint density at radius 3 is 0.879 bits per heavy atom. The lowest BCUT2D eigenvalue weighted by Crippen LogP contribution is -2.59. The van der Waals surface area contributed by atoms with Gasteiger partial charge in [0.1, 0.15) is 0 Å². The quantitative estimate of drug-likeness (QED) is 0.149. The second-order valence-corrected chi connectivity index (χ2v) is 34.7. The van der Waals surface area contributed by atoms with Crippen LogP contribution in [0.15, 0.2) is 224 Å². The van der Waals surface area contributed by atoms with Gasteiger partial charge in [-0.05, 0) is 193 Å². The molecular formula is C94H91BN4. The fraction of sp³-hybridized carbons (Fsp3) is 0.255.